The summed E-state index contributed by atoms with van der Waals surface area (Å²) in [6.07, 6.45) is -0.681. The zero-order chi connectivity index (χ0) is 15.9. The first kappa shape index (κ1) is 18.3. The maximum absolute atomic E-state index is 12.7. The van der Waals surface area contributed by atoms with Gasteiger partial charge in [-0.3, -0.25) is 4.79 Å². The van der Waals surface area contributed by atoms with Gasteiger partial charge in [0.05, 0.1) is 5.92 Å². The van der Waals surface area contributed by atoms with E-state index in [9.17, 15) is 18.0 Å². The number of carbonyl (C=O) groups excluding carboxylic acids is 1. The lowest BCUT2D eigenvalue weighted by Crippen LogP contribution is -2.39. The molecular formula is C15H26F3NO2. The van der Waals surface area contributed by atoms with E-state index in [1.807, 2.05) is 6.92 Å². The molecule has 0 spiro atoms. The Hall–Kier alpha value is -0.780. The molecule has 3 unspecified atom stereocenters. The van der Waals surface area contributed by atoms with Crippen LogP contribution in [0.5, 0.6) is 0 Å². The van der Waals surface area contributed by atoms with Gasteiger partial charge in [0.25, 0.3) is 0 Å². The molecule has 1 amide bonds. The Kier molecular flexibility index (Phi) is 7.49. The Bertz CT molecular complexity index is 315. The first-order valence-corrected chi connectivity index (χ1v) is 7.83. The van der Waals surface area contributed by atoms with Crippen molar-refractivity contribution in [1.29, 1.82) is 0 Å². The molecule has 6 heteroatoms. The molecular weight excluding hydrogens is 283 g/mol. The number of rotatable bonds is 7. The van der Waals surface area contributed by atoms with Crippen LogP contribution in [0.1, 0.15) is 51.9 Å². The Balaban J connectivity index is 2.43. The van der Waals surface area contributed by atoms with Crippen LogP contribution in [0.15, 0.2) is 0 Å². The van der Waals surface area contributed by atoms with Crippen LogP contribution in [0, 0.1) is 17.8 Å². The third-order valence-corrected chi connectivity index (χ3v) is 4.31. The molecule has 0 radical (unpaired) electrons. The normalized spacial score (nSPS) is 24.6. The van der Waals surface area contributed by atoms with E-state index >= 15 is 0 Å². The minimum Gasteiger partial charge on any atom is -0.396 e. The second-order valence-corrected chi connectivity index (χ2v) is 6.01. The number of aliphatic hydroxyl groups is 1. The van der Waals surface area contributed by atoms with Crippen molar-refractivity contribution in [1.82, 2.24) is 5.32 Å². The molecule has 0 aromatic rings. The molecule has 0 saturated heterocycles. The highest BCUT2D eigenvalue weighted by Gasteiger charge is 2.43. The van der Waals surface area contributed by atoms with Gasteiger partial charge in [0.15, 0.2) is 0 Å². The predicted octanol–water partition coefficient (Wildman–Crippen LogP) is 3.27. The average Bonchev–Trinajstić information content (AvgIpc) is 2.44. The van der Waals surface area contributed by atoms with Gasteiger partial charge in [-0.05, 0) is 38.0 Å². The maximum atomic E-state index is 12.7. The van der Waals surface area contributed by atoms with E-state index in [1.165, 1.54) is 0 Å². The van der Waals surface area contributed by atoms with Crippen LogP contribution in [0.4, 0.5) is 13.2 Å². The predicted molar refractivity (Wildman–Crippen MR) is 74.6 cm³/mol. The van der Waals surface area contributed by atoms with Crippen LogP contribution in [0.25, 0.3) is 0 Å². The van der Waals surface area contributed by atoms with Crippen LogP contribution >= 0.6 is 0 Å². The molecule has 1 aliphatic rings. The molecule has 0 aliphatic heterocycles. The van der Waals surface area contributed by atoms with Crippen LogP contribution in [0.2, 0.25) is 0 Å². The van der Waals surface area contributed by atoms with Gasteiger partial charge in [-0.25, -0.2) is 0 Å². The Morgan fingerprint density at radius 2 is 2.05 bits per heavy atom. The molecule has 0 bridgehead atoms. The Morgan fingerprint density at radius 1 is 1.33 bits per heavy atom. The summed E-state index contributed by atoms with van der Waals surface area (Å²) < 4.78 is 38.2. The van der Waals surface area contributed by atoms with E-state index in [2.05, 4.69) is 5.32 Å². The molecule has 0 aromatic heterocycles. The molecule has 3 atom stereocenters. The lowest BCUT2D eigenvalue weighted by molar-refractivity contribution is -0.186. The van der Waals surface area contributed by atoms with Gasteiger partial charge in [-0.2, -0.15) is 13.2 Å². The topological polar surface area (TPSA) is 49.3 Å². The molecule has 0 aromatic carbocycles. The van der Waals surface area contributed by atoms with E-state index in [1.54, 1.807) is 0 Å². The maximum Gasteiger partial charge on any atom is 0.391 e. The van der Waals surface area contributed by atoms with Gasteiger partial charge in [0.2, 0.25) is 5.91 Å². The highest BCUT2D eigenvalue weighted by atomic mass is 19.4. The standard InChI is InChI=1S/C15H26F3NO2/c1-2-4-11(7-8-20)10-19-14(21)12-5-3-6-13(9-12)15(16,17)18/h11-13,20H,2-10H2,1H3,(H,19,21). The largest absolute Gasteiger partial charge is 0.396 e. The van der Waals surface area contributed by atoms with Crippen LogP contribution < -0.4 is 5.32 Å². The lowest BCUT2D eigenvalue weighted by atomic mass is 9.80. The molecule has 3 nitrogen and oxygen atoms in total. The quantitative estimate of drug-likeness (QED) is 0.758. The third kappa shape index (κ3) is 6.24. The van der Waals surface area contributed by atoms with Gasteiger partial charge in [0.1, 0.15) is 0 Å². The van der Waals surface area contributed by atoms with Crippen LogP contribution in [0.3, 0.4) is 0 Å². The number of hydrogen-bond donors (Lipinski definition) is 2. The summed E-state index contributed by atoms with van der Waals surface area (Å²) in [5.74, 6) is -1.93. The average molecular weight is 309 g/mol. The Morgan fingerprint density at radius 3 is 2.62 bits per heavy atom. The highest BCUT2D eigenvalue weighted by molar-refractivity contribution is 5.78. The first-order chi connectivity index (χ1) is 9.88. The Labute approximate surface area is 124 Å². The molecule has 1 rings (SSSR count). The summed E-state index contributed by atoms with van der Waals surface area (Å²) in [5, 5.41) is 11.7. The smallest absolute Gasteiger partial charge is 0.391 e. The van der Waals surface area contributed by atoms with Gasteiger partial charge < -0.3 is 10.4 Å². The minimum atomic E-state index is -4.19. The molecule has 0 heterocycles. The van der Waals surface area contributed by atoms with Crippen LogP contribution in [-0.4, -0.2) is 30.3 Å². The minimum absolute atomic E-state index is 0.0696. The molecule has 21 heavy (non-hydrogen) atoms. The fourth-order valence-corrected chi connectivity index (χ4v) is 3.05. The SMILES string of the molecule is CCCC(CCO)CNC(=O)C1CCCC(C(F)(F)F)C1. The third-order valence-electron chi connectivity index (χ3n) is 4.31. The van der Waals surface area contributed by atoms with E-state index in [4.69, 9.17) is 5.11 Å². The fourth-order valence-electron chi connectivity index (χ4n) is 3.05. The molecule has 1 aliphatic carbocycles. The van der Waals surface area contributed by atoms with E-state index in [0.29, 0.717) is 25.8 Å². The summed E-state index contributed by atoms with van der Waals surface area (Å²) >= 11 is 0. The zero-order valence-corrected chi connectivity index (χ0v) is 12.6. The van der Waals surface area contributed by atoms with E-state index < -0.39 is 18.0 Å². The number of halogens is 3. The molecule has 2 N–H and O–H groups in total. The number of carbonyl (C=O) groups is 1. The van der Waals surface area contributed by atoms with Gasteiger partial charge >= 0.3 is 6.18 Å². The number of alkyl halides is 3. The first-order valence-electron chi connectivity index (χ1n) is 7.83. The second kappa shape index (κ2) is 8.61. The van der Waals surface area contributed by atoms with E-state index in [0.717, 1.165) is 12.8 Å². The summed E-state index contributed by atoms with van der Waals surface area (Å²) in [6, 6.07) is 0. The number of aliphatic hydroxyl groups excluding tert-OH is 1. The summed E-state index contributed by atoms with van der Waals surface area (Å²) in [6.45, 7) is 2.54. The van der Waals surface area contributed by atoms with Gasteiger partial charge in [-0.15, -0.1) is 0 Å². The van der Waals surface area contributed by atoms with Crippen molar-refractivity contribution in [3.8, 4) is 0 Å². The molecule has 1 saturated carbocycles. The van der Waals surface area contributed by atoms with Crippen molar-refractivity contribution in [2.45, 2.75) is 58.0 Å². The van der Waals surface area contributed by atoms with Crippen molar-refractivity contribution < 1.29 is 23.1 Å². The number of nitrogens with one attached hydrogen (secondary N) is 1. The van der Waals surface area contributed by atoms with Crippen molar-refractivity contribution in [3.05, 3.63) is 0 Å². The van der Waals surface area contributed by atoms with Crippen molar-refractivity contribution in [3.63, 3.8) is 0 Å². The number of hydrogen-bond acceptors (Lipinski definition) is 2. The van der Waals surface area contributed by atoms with Gasteiger partial charge in [-0.1, -0.05) is 19.8 Å². The summed E-state index contributed by atoms with van der Waals surface area (Å²) in [7, 11) is 0. The highest BCUT2D eigenvalue weighted by Crippen LogP contribution is 2.39. The summed E-state index contributed by atoms with van der Waals surface area (Å²) in [5.41, 5.74) is 0. The zero-order valence-electron chi connectivity index (χ0n) is 12.6. The number of amides is 1. The van der Waals surface area contributed by atoms with E-state index in [-0.39, 0.29) is 31.3 Å². The van der Waals surface area contributed by atoms with Crippen molar-refractivity contribution >= 4 is 5.91 Å². The monoisotopic (exact) mass is 309 g/mol. The van der Waals surface area contributed by atoms with Crippen molar-refractivity contribution in [2.24, 2.45) is 17.8 Å². The van der Waals surface area contributed by atoms with Gasteiger partial charge in [0, 0.05) is 19.1 Å². The van der Waals surface area contributed by atoms with Crippen LogP contribution in [-0.2, 0) is 4.79 Å². The molecule has 124 valence electrons. The second-order valence-electron chi connectivity index (χ2n) is 6.01. The summed E-state index contributed by atoms with van der Waals surface area (Å²) in [4.78, 5) is 12.0. The molecule has 1 fully saturated rings. The lowest BCUT2D eigenvalue weighted by Gasteiger charge is -2.30. The fraction of sp³-hybridized carbons (Fsp3) is 0.933. The van der Waals surface area contributed by atoms with Crippen molar-refractivity contribution in [2.75, 3.05) is 13.2 Å².